The van der Waals surface area contributed by atoms with Crippen molar-refractivity contribution in [3.8, 4) is 0 Å². The van der Waals surface area contributed by atoms with Gasteiger partial charge >= 0.3 is 0 Å². The monoisotopic (exact) mass is 276 g/mol. The van der Waals surface area contributed by atoms with Crippen LogP contribution in [0, 0.1) is 0 Å². The van der Waals surface area contributed by atoms with E-state index in [1.807, 2.05) is 26.1 Å². The van der Waals surface area contributed by atoms with E-state index in [2.05, 4.69) is 4.90 Å². The molecule has 1 rings (SSSR count). The van der Waals surface area contributed by atoms with Gasteiger partial charge in [0, 0.05) is 17.5 Å². The molecule has 0 saturated carbocycles. The Bertz CT molecular complexity index is 360. The fraction of sp³-hybridized carbons (Fsp3) is 0.667. The van der Waals surface area contributed by atoms with Crippen LogP contribution in [0.25, 0.3) is 0 Å². The SMILES string of the molecule is CC(N)C(c1ccc(Cl)s1)N(C)CC(C)(C)O. The molecule has 1 heterocycles. The Morgan fingerprint density at radius 2 is 2.12 bits per heavy atom. The first-order chi connectivity index (χ1) is 7.70. The minimum atomic E-state index is -0.733. The van der Waals surface area contributed by atoms with Crippen molar-refractivity contribution in [3.05, 3.63) is 21.3 Å². The van der Waals surface area contributed by atoms with Crippen LogP contribution in [0.4, 0.5) is 0 Å². The van der Waals surface area contributed by atoms with Crippen LogP contribution < -0.4 is 5.73 Å². The largest absolute Gasteiger partial charge is 0.389 e. The Morgan fingerprint density at radius 1 is 1.53 bits per heavy atom. The summed E-state index contributed by atoms with van der Waals surface area (Å²) in [7, 11) is 1.97. The second kappa shape index (κ2) is 5.67. The molecule has 3 nitrogen and oxygen atoms in total. The van der Waals surface area contributed by atoms with Crippen molar-refractivity contribution >= 4 is 22.9 Å². The summed E-state index contributed by atoms with van der Waals surface area (Å²) in [4.78, 5) is 3.21. The summed E-state index contributed by atoms with van der Waals surface area (Å²) in [6.07, 6.45) is 0. The first-order valence-corrected chi connectivity index (χ1v) is 6.83. The van der Waals surface area contributed by atoms with Crippen LogP contribution in [0.15, 0.2) is 12.1 Å². The number of halogens is 1. The van der Waals surface area contributed by atoms with Gasteiger partial charge in [0.1, 0.15) is 0 Å². The molecule has 0 fully saturated rings. The number of thiophene rings is 1. The van der Waals surface area contributed by atoms with Gasteiger partial charge in [-0.05, 0) is 40.0 Å². The summed E-state index contributed by atoms with van der Waals surface area (Å²) in [6.45, 7) is 6.13. The molecule has 0 aliphatic rings. The number of rotatable bonds is 5. The standard InChI is InChI=1S/C12H21ClN2OS/c1-8(14)11(9-5-6-10(13)17-9)15(4)7-12(2,3)16/h5-6,8,11,16H,7,14H2,1-4H3. The molecule has 5 heteroatoms. The molecule has 0 radical (unpaired) electrons. The Kier molecular flexibility index (Phi) is 4.98. The van der Waals surface area contributed by atoms with Gasteiger partial charge in [0.15, 0.2) is 0 Å². The van der Waals surface area contributed by atoms with Gasteiger partial charge in [-0.25, -0.2) is 0 Å². The second-order valence-electron chi connectivity index (χ2n) is 5.17. The average molecular weight is 277 g/mol. The highest BCUT2D eigenvalue weighted by atomic mass is 35.5. The predicted octanol–water partition coefficient (Wildman–Crippen LogP) is 2.49. The fourth-order valence-electron chi connectivity index (χ4n) is 2.07. The van der Waals surface area contributed by atoms with E-state index < -0.39 is 5.60 Å². The first kappa shape index (κ1) is 14.9. The van der Waals surface area contributed by atoms with E-state index in [1.165, 1.54) is 0 Å². The van der Waals surface area contributed by atoms with E-state index in [0.717, 1.165) is 9.21 Å². The summed E-state index contributed by atoms with van der Waals surface area (Å²) < 4.78 is 0.766. The molecule has 0 aliphatic carbocycles. The normalized spacial score (nSPS) is 16.2. The topological polar surface area (TPSA) is 49.5 Å². The average Bonchev–Trinajstić information content (AvgIpc) is 2.47. The van der Waals surface area contributed by atoms with Gasteiger partial charge in [0.05, 0.1) is 16.0 Å². The van der Waals surface area contributed by atoms with E-state index in [4.69, 9.17) is 17.3 Å². The first-order valence-electron chi connectivity index (χ1n) is 5.64. The smallest absolute Gasteiger partial charge is 0.0931 e. The molecule has 0 amide bonds. The highest BCUT2D eigenvalue weighted by Crippen LogP contribution is 2.32. The molecule has 0 saturated heterocycles. The Labute approximate surface area is 112 Å². The quantitative estimate of drug-likeness (QED) is 0.869. The highest BCUT2D eigenvalue weighted by molar-refractivity contribution is 7.16. The van der Waals surface area contributed by atoms with Gasteiger partial charge in [0.2, 0.25) is 0 Å². The zero-order valence-corrected chi connectivity index (χ0v) is 12.3. The van der Waals surface area contributed by atoms with Crippen LogP contribution >= 0.6 is 22.9 Å². The predicted molar refractivity (Wildman–Crippen MR) is 74.6 cm³/mol. The molecule has 3 N–H and O–H groups in total. The lowest BCUT2D eigenvalue weighted by molar-refractivity contribution is 0.0283. The lowest BCUT2D eigenvalue weighted by Crippen LogP contribution is -2.43. The van der Waals surface area contributed by atoms with Gasteiger partial charge in [-0.1, -0.05) is 11.6 Å². The van der Waals surface area contributed by atoms with Crippen molar-refractivity contribution in [2.24, 2.45) is 5.73 Å². The molecule has 2 atom stereocenters. The number of hydrogen-bond donors (Lipinski definition) is 2. The van der Waals surface area contributed by atoms with Crippen molar-refractivity contribution in [1.82, 2.24) is 4.90 Å². The van der Waals surface area contributed by atoms with Crippen molar-refractivity contribution in [2.75, 3.05) is 13.6 Å². The number of aliphatic hydroxyl groups is 1. The summed E-state index contributed by atoms with van der Waals surface area (Å²) in [6, 6.07) is 3.95. The molecule has 1 aromatic heterocycles. The van der Waals surface area contributed by atoms with Crippen LogP contribution in [-0.4, -0.2) is 35.2 Å². The highest BCUT2D eigenvalue weighted by Gasteiger charge is 2.26. The zero-order chi connectivity index (χ0) is 13.2. The Hall–Kier alpha value is -0.130. The lowest BCUT2D eigenvalue weighted by Gasteiger charge is -2.34. The molecular weight excluding hydrogens is 256 g/mol. The molecule has 17 heavy (non-hydrogen) atoms. The van der Waals surface area contributed by atoms with Crippen LogP contribution in [0.1, 0.15) is 31.7 Å². The third kappa shape index (κ3) is 4.56. The number of nitrogens with two attached hydrogens (primary N) is 1. The van der Waals surface area contributed by atoms with Crippen LogP contribution in [0.2, 0.25) is 4.34 Å². The molecule has 2 unspecified atom stereocenters. The maximum absolute atomic E-state index is 9.87. The van der Waals surface area contributed by atoms with E-state index in [9.17, 15) is 5.11 Å². The summed E-state index contributed by atoms with van der Waals surface area (Å²) >= 11 is 7.50. The fourth-order valence-corrected chi connectivity index (χ4v) is 3.42. The molecule has 0 spiro atoms. The third-order valence-corrected chi connectivity index (χ3v) is 3.80. The third-order valence-electron chi connectivity index (χ3n) is 2.49. The zero-order valence-electron chi connectivity index (χ0n) is 10.8. The van der Waals surface area contributed by atoms with E-state index in [0.29, 0.717) is 6.54 Å². The minimum absolute atomic E-state index is 0.0166. The van der Waals surface area contributed by atoms with E-state index in [1.54, 1.807) is 25.2 Å². The molecule has 1 aromatic rings. The molecule has 0 aromatic carbocycles. The van der Waals surface area contributed by atoms with Crippen LogP contribution in [0.3, 0.4) is 0 Å². The van der Waals surface area contributed by atoms with Crippen molar-refractivity contribution in [3.63, 3.8) is 0 Å². The van der Waals surface area contributed by atoms with Gasteiger partial charge in [0.25, 0.3) is 0 Å². The van der Waals surface area contributed by atoms with Crippen LogP contribution in [-0.2, 0) is 0 Å². The minimum Gasteiger partial charge on any atom is -0.389 e. The Morgan fingerprint density at radius 3 is 2.47 bits per heavy atom. The van der Waals surface area contributed by atoms with Crippen molar-refractivity contribution in [2.45, 2.75) is 38.5 Å². The lowest BCUT2D eigenvalue weighted by atomic mass is 10.0. The van der Waals surface area contributed by atoms with Gasteiger partial charge in [-0.3, -0.25) is 4.90 Å². The van der Waals surface area contributed by atoms with Gasteiger partial charge in [-0.2, -0.15) is 0 Å². The number of nitrogens with zero attached hydrogens (tertiary/aromatic N) is 1. The molecular formula is C12H21ClN2OS. The second-order valence-corrected chi connectivity index (χ2v) is 6.92. The van der Waals surface area contributed by atoms with E-state index in [-0.39, 0.29) is 12.1 Å². The Balaban J connectivity index is 2.86. The summed E-state index contributed by atoms with van der Waals surface area (Å²) in [5.74, 6) is 0. The van der Waals surface area contributed by atoms with Crippen LogP contribution in [0.5, 0.6) is 0 Å². The van der Waals surface area contributed by atoms with Crippen molar-refractivity contribution < 1.29 is 5.11 Å². The summed E-state index contributed by atoms with van der Waals surface area (Å²) in [5, 5.41) is 9.87. The van der Waals surface area contributed by atoms with Gasteiger partial charge < -0.3 is 10.8 Å². The summed E-state index contributed by atoms with van der Waals surface area (Å²) in [5.41, 5.74) is 5.30. The number of likely N-dealkylation sites (N-methyl/N-ethyl adjacent to an activating group) is 1. The van der Waals surface area contributed by atoms with Gasteiger partial charge in [-0.15, -0.1) is 11.3 Å². The van der Waals surface area contributed by atoms with E-state index >= 15 is 0 Å². The maximum Gasteiger partial charge on any atom is 0.0931 e. The van der Waals surface area contributed by atoms with Crippen molar-refractivity contribution in [1.29, 1.82) is 0 Å². The molecule has 0 bridgehead atoms. The number of hydrogen-bond acceptors (Lipinski definition) is 4. The molecule has 0 aliphatic heterocycles. The maximum atomic E-state index is 9.87. The molecule has 98 valence electrons.